The van der Waals surface area contributed by atoms with Crippen molar-refractivity contribution < 1.29 is 9.13 Å². The van der Waals surface area contributed by atoms with Gasteiger partial charge in [-0.3, -0.25) is 0 Å². The normalized spacial score (nSPS) is 12.5. The maximum Gasteiger partial charge on any atom is 0.123 e. The van der Waals surface area contributed by atoms with Gasteiger partial charge in [0.05, 0.1) is 6.61 Å². The molecule has 0 radical (unpaired) electrons. The molecule has 1 heterocycles. The summed E-state index contributed by atoms with van der Waals surface area (Å²) in [6.45, 7) is 2.44. The molecule has 1 atom stereocenters. The van der Waals surface area contributed by atoms with Crippen LogP contribution in [0.3, 0.4) is 0 Å². The number of rotatable bonds is 9. The van der Waals surface area contributed by atoms with Gasteiger partial charge in [0.2, 0.25) is 0 Å². The number of benzene rings is 1. The minimum atomic E-state index is -0.178. The van der Waals surface area contributed by atoms with Crippen molar-refractivity contribution in [3.8, 4) is 0 Å². The Morgan fingerprint density at radius 1 is 1.24 bits per heavy atom. The summed E-state index contributed by atoms with van der Waals surface area (Å²) >= 11 is 1.79. The third kappa shape index (κ3) is 5.58. The van der Waals surface area contributed by atoms with Gasteiger partial charge >= 0.3 is 0 Å². The summed E-state index contributed by atoms with van der Waals surface area (Å²) in [6.07, 6.45) is 2.12. The van der Waals surface area contributed by atoms with Crippen LogP contribution in [0.1, 0.15) is 22.8 Å². The highest BCUT2D eigenvalue weighted by Gasteiger charge is 2.12. The number of nitrogens with one attached hydrogen (secondary N) is 1. The van der Waals surface area contributed by atoms with E-state index in [1.165, 1.54) is 10.4 Å². The van der Waals surface area contributed by atoms with E-state index < -0.39 is 0 Å². The molecule has 2 nitrogen and oxygen atoms in total. The number of methoxy groups -OCH3 is 1. The second kappa shape index (κ2) is 8.93. The molecule has 114 valence electrons. The Morgan fingerprint density at radius 2 is 2.05 bits per heavy atom. The Bertz CT molecular complexity index is 498. The molecule has 0 amide bonds. The zero-order chi connectivity index (χ0) is 14.9. The number of halogens is 1. The van der Waals surface area contributed by atoms with Crippen LogP contribution in [0, 0.1) is 5.82 Å². The maximum atomic E-state index is 13.1. The van der Waals surface area contributed by atoms with Crippen molar-refractivity contribution in [2.75, 3.05) is 26.8 Å². The van der Waals surface area contributed by atoms with Gasteiger partial charge < -0.3 is 10.1 Å². The van der Waals surface area contributed by atoms with Crippen molar-refractivity contribution in [3.05, 3.63) is 58.0 Å². The molecule has 0 saturated heterocycles. The van der Waals surface area contributed by atoms with E-state index in [9.17, 15) is 4.39 Å². The molecule has 2 rings (SSSR count). The lowest BCUT2D eigenvalue weighted by molar-refractivity contribution is 0.199. The van der Waals surface area contributed by atoms with Crippen molar-refractivity contribution in [2.45, 2.75) is 18.8 Å². The topological polar surface area (TPSA) is 21.3 Å². The predicted octanol–water partition coefficient (Wildman–Crippen LogP) is 3.84. The standard InChI is InChI=1S/C17H22FNOS/c1-20-11-10-19-13-15(6-9-17-3-2-12-21-17)14-4-7-16(18)8-5-14/h2-5,7-8,12,15,19H,6,9-11,13H2,1H3. The van der Waals surface area contributed by atoms with Gasteiger partial charge in [0, 0.05) is 25.1 Å². The second-order valence-electron chi connectivity index (χ2n) is 5.06. The molecule has 1 N–H and O–H groups in total. The summed E-state index contributed by atoms with van der Waals surface area (Å²) < 4.78 is 18.1. The fourth-order valence-electron chi connectivity index (χ4n) is 2.34. The molecular formula is C17H22FNOS. The molecule has 1 unspecified atom stereocenters. The van der Waals surface area contributed by atoms with Crippen molar-refractivity contribution >= 4 is 11.3 Å². The van der Waals surface area contributed by atoms with E-state index in [2.05, 4.69) is 22.8 Å². The van der Waals surface area contributed by atoms with Crippen LogP contribution < -0.4 is 5.32 Å². The minimum absolute atomic E-state index is 0.178. The second-order valence-corrected chi connectivity index (χ2v) is 6.10. The first kappa shape index (κ1) is 16.1. The molecule has 2 aromatic rings. The summed E-state index contributed by atoms with van der Waals surface area (Å²) in [5, 5.41) is 5.52. The molecule has 0 aliphatic rings. The molecule has 0 aliphatic heterocycles. The molecule has 0 aliphatic carbocycles. The molecule has 4 heteroatoms. The highest BCUT2D eigenvalue weighted by Crippen LogP contribution is 2.23. The van der Waals surface area contributed by atoms with Crippen LogP contribution in [-0.4, -0.2) is 26.8 Å². The average Bonchev–Trinajstić information content (AvgIpc) is 3.01. The third-order valence-corrected chi connectivity index (χ3v) is 4.47. The zero-order valence-corrected chi connectivity index (χ0v) is 13.2. The summed E-state index contributed by atoms with van der Waals surface area (Å²) in [4.78, 5) is 1.40. The number of aryl methyl sites for hydroxylation is 1. The number of hydrogen-bond acceptors (Lipinski definition) is 3. The highest BCUT2D eigenvalue weighted by atomic mass is 32.1. The van der Waals surface area contributed by atoms with Crippen LogP contribution in [0.25, 0.3) is 0 Å². The van der Waals surface area contributed by atoms with Crippen LogP contribution in [0.5, 0.6) is 0 Å². The lowest BCUT2D eigenvalue weighted by Crippen LogP contribution is -2.25. The summed E-state index contributed by atoms with van der Waals surface area (Å²) in [5.74, 6) is 0.215. The smallest absolute Gasteiger partial charge is 0.123 e. The lowest BCUT2D eigenvalue weighted by atomic mass is 9.93. The van der Waals surface area contributed by atoms with E-state index in [-0.39, 0.29) is 5.82 Å². The SMILES string of the molecule is COCCNCC(CCc1cccs1)c1ccc(F)cc1. The molecule has 1 aromatic carbocycles. The minimum Gasteiger partial charge on any atom is -0.383 e. The van der Waals surface area contributed by atoms with E-state index in [0.717, 1.165) is 25.9 Å². The molecule has 0 bridgehead atoms. The van der Waals surface area contributed by atoms with Crippen LogP contribution >= 0.6 is 11.3 Å². The van der Waals surface area contributed by atoms with Gasteiger partial charge in [-0.1, -0.05) is 18.2 Å². The van der Waals surface area contributed by atoms with Crippen molar-refractivity contribution in [3.63, 3.8) is 0 Å². The summed E-state index contributed by atoms with van der Waals surface area (Å²) in [5.41, 5.74) is 1.19. The Hall–Kier alpha value is -1.23. The van der Waals surface area contributed by atoms with Gasteiger partial charge in [-0.05, 0) is 47.9 Å². The first-order valence-corrected chi connectivity index (χ1v) is 8.15. The first-order valence-electron chi connectivity index (χ1n) is 7.27. The van der Waals surface area contributed by atoms with E-state index >= 15 is 0 Å². The summed E-state index contributed by atoms with van der Waals surface area (Å²) in [6, 6.07) is 11.1. The molecule has 1 aromatic heterocycles. The number of ether oxygens (including phenoxy) is 1. The van der Waals surface area contributed by atoms with Gasteiger partial charge in [0.15, 0.2) is 0 Å². The van der Waals surface area contributed by atoms with E-state index in [1.807, 2.05) is 12.1 Å². The van der Waals surface area contributed by atoms with E-state index in [0.29, 0.717) is 12.5 Å². The highest BCUT2D eigenvalue weighted by molar-refractivity contribution is 7.09. The van der Waals surface area contributed by atoms with E-state index in [1.54, 1.807) is 30.6 Å². The predicted molar refractivity (Wildman–Crippen MR) is 86.5 cm³/mol. The van der Waals surface area contributed by atoms with Gasteiger partial charge in [-0.25, -0.2) is 4.39 Å². The van der Waals surface area contributed by atoms with Crippen molar-refractivity contribution in [1.29, 1.82) is 0 Å². The lowest BCUT2D eigenvalue weighted by Gasteiger charge is -2.18. The van der Waals surface area contributed by atoms with Crippen molar-refractivity contribution in [2.24, 2.45) is 0 Å². The zero-order valence-electron chi connectivity index (χ0n) is 12.3. The molecule has 0 saturated carbocycles. The first-order chi connectivity index (χ1) is 10.3. The monoisotopic (exact) mass is 307 g/mol. The fraction of sp³-hybridized carbons (Fsp3) is 0.412. The van der Waals surface area contributed by atoms with E-state index in [4.69, 9.17) is 4.74 Å². The third-order valence-electron chi connectivity index (χ3n) is 3.53. The molecular weight excluding hydrogens is 285 g/mol. The molecule has 0 fully saturated rings. The van der Waals surface area contributed by atoms with Gasteiger partial charge in [0.1, 0.15) is 5.82 Å². The number of hydrogen-bond donors (Lipinski definition) is 1. The molecule has 21 heavy (non-hydrogen) atoms. The van der Waals surface area contributed by atoms with Crippen molar-refractivity contribution in [1.82, 2.24) is 5.32 Å². The Labute approximate surface area is 130 Å². The van der Waals surface area contributed by atoms with Gasteiger partial charge in [0.25, 0.3) is 0 Å². The van der Waals surface area contributed by atoms with Crippen LogP contribution in [0.15, 0.2) is 41.8 Å². The van der Waals surface area contributed by atoms with Crippen LogP contribution in [0.2, 0.25) is 0 Å². The molecule has 0 spiro atoms. The quantitative estimate of drug-likeness (QED) is 0.711. The van der Waals surface area contributed by atoms with Gasteiger partial charge in [-0.2, -0.15) is 0 Å². The van der Waals surface area contributed by atoms with Crippen LogP contribution in [0.4, 0.5) is 4.39 Å². The van der Waals surface area contributed by atoms with Crippen LogP contribution in [-0.2, 0) is 11.2 Å². The van der Waals surface area contributed by atoms with Gasteiger partial charge in [-0.15, -0.1) is 11.3 Å². The fourth-order valence-corrected chi connectivity index (χ4v) is 3.07. The average molecular weight is 307 g/mol. The Balaban J connectivity index is 1.93. The Morgan fingerprint density at radius 3 is 2.71 bits per heavy atom. The largest absolute Gasteiger partial charge is 0.383 e. The Kier molecular flexibility index (Phi) is 6.86. The number of thiophene rings is 1. The maximum absolute atomic E-state index is 13.1. The summed E-state index contributed by atoms with van der Waals surface area (Å²) in [7, 11) is 1.70.